The maximum absolute atomic E-state index is 13.3. The van der Waals surface area contributed by atoms with Crippen LogP contribution in [-0.2, 0) is 9.59 Å². The van der Waals surface area contributed by atoms with E-state index >= 15 is 0 Å². The number of nitrogens with one attached hydrogen (secondary N) is 1. The summed E-state index contributed by atoms with van der Waals surface area (Å²) in [5.41, 5.74) is 1.98. The highest BCUT2D eigenvalue weighted by atomic mass is 16.5. The highest BCUT2D eigenvalue weighted by molar-refractivity contribution is 6.01. The van der Waals surface area contributed by atoms with Crippen molar-refractivity contribution in [1.82, 2.24) is 20.0 Å². The molecule has 0 aliphatic carbocycles. The molecule has 8 nitrogen and oxygen atoms in total. The summed E-state index contributed by atoms with van der Waals surface area (Å²) >= 11 is 0. The summed E-state index contributed by atoms with van der Waals surface area (Å²) in [6.45, 7) is 2.29. The quantitative estimate of drug-likeness (QED) is 0.801. The summed E-state index contributed by atoms with van der Waals surface area (Å²) in [4.78, 5) is 43.4. The van der Waals surface area contributed by atoms with Crippen LogP contribution >= 0.6 is 0 Å². The second-order valence-corrected chi connectivity index (χ2v) is 7.96. The number of likely N-dealkylation sites (tertiary alicyclic amines) is 1. The van der Waals surface area contributed by atoms with Crippen molar-refractivity contribution in [3.05, 3.63) is 41.1 Å². The first-order valence-electron chi connectivity index (χ1n) is 10.5. The van der Waals surface area contributed by atoms with Gasteiger partial charge in [0.05, 0.1) is 31.0 Å². The van der Waals surface area contributed by atoms with E-state index < -0.39 is 6.04 Å². The molecule has 0 radical (unpaired) electrons. The predicted molar refractivity (Wildman–Crippen MR) is 111 cm³/mol. The van der Waals surface area contributed by atoms with Crippen molar-refractivity contribution in [3.8, 4) is 5.75 Å². The van der Waals surface area contributed by atoms with Gasteiger partial charge in [-0.15, -0.1) is 0 Å². The van der Waals surface area contributed by atoms with Crippen LogP contribution in [0.5, 0.6) is 5.75 Å². The Morgan fingerprint density at radius 2 is 1.90 bits per heavy atom. The zero-order chi connectivity index (χ0) is 21.3. The largest absolute Gasteiger partial charge is 0.496 e. The Morgan fingerprint density at radius 3 is 2.63 bits per heavy atom. The molecule has 1 N–H and O–H groups in total. The number of hydrogen-bond donors (Lipinski definition) is 1. The maximum Gasteiger partial charge on any atom is 0.322 e. The minimum absolute atomic E-state index is 0.0937. The standard InChI is InChI=1S/C22H28N4O4/c1-24-16-14-26(13-10-18(27)25-11-6-3-7-12-25)21(28)19(16)20(23-22(24)29)15-8-4-5-9-17(15)30-2/h4-5,8-9,20H,3,6-7,10-14H2,1-2H3,(H,23,29). The molecule has 1 unspecified atom stereocenters. The van der Waals surface area contributed by atoms with Crippen LogP contribution in [0.1, 0.15) is 37.3 Å². The number of hydrogen-bond acceptors (Lipinski definition) is 4. The molecule has 4 amide bonds. The minimum atomic E-state index is -0.574. The number of nitrogens with zero attached hydrogens (tertiary/aromatic N) is 3. The topological polar surface area (TPSA) is 82.2 Å². The van der Waals surface area contributed by atoms with Gasteiger partial charge in [0, 0.05) is 38.7 Å². The number of carbonyl (C=O) groups excluding carboxylic acids is 3. The molecule has 1 saturated heterocycles. The Kier molecular flexibility index (Phi) is 5.65. The second-order valence-electron chi connectivity index (χ2n) is 7.96. The van der Waals surface area contributed by atoms with Crippen LogP contribution in [0.4, 0.5) is 4.79 Å². The molecule has 3 aliphatic rings. The number of rotatable bonds is 5. The molecule has 0 aromatic heterocycles. The Balaban J connectivity index is 1.53. The summed E-state index contributed by atoms with van der Waals surface area (Å²) in [5.74, 6) is 0.570. The van der Waals surface area contributed by atoms with Crippen LogP contribution in [0.2, 0.25) is 0 Å². The fourth-order valence-corrected chi connectivity index (χ4v) is 4.47. The van der Waals surface area contributed by atoms with Crippen LogP contribution in [0.25, 0.3) is 0 Å². The smallest absolute Gasteiger partial charge is 0.322 e. The Morgan fingerprint density at radius 1 is 1.17 bits per heavy atom. The van der Waals surface area contributed by atoms with Crippen molar-refractivity contribution in [3.63, 3.8) is 0 Å². The van der Waals surface area contributed by atoms with Crippen molar-refractivity contribution < 1.29 is 19.1 Å². The molecular formula is C22H28N4O4. The van der Waals surface area contributed by atoms with E-state index in [1.54, 1.807) is 19.1 Å². The van der Waals surface area contributed by atoms with Gasteiger partial charge in [0.15, 0.2) is 0 Å². The molecule has 3 aliphatic heterocycles. The van der Waals surface area contributed by atoms with Crippen LogP contribution in [0.15, 0.2) is 35.5 Å². The fourth-order valence-electron chi connectivity index (χ4n) is 4.47. The van der Waals surface area contributed by atoms with Crippen molar-refractivity contribution in [1.29, 1.82) is 0 Å². The van der Waals surface area contributed by atoms with E-state index in [0.717, 1.165) is 31.5 Å². The highest BCUT2D eigenvalue weighted by Gasteiger charge is 2.43. The summed E-state index contributed by atoms with van der Waals surface area (Å²) in [6.07, 6.45) is 3.56. The van der Waals surface area contributed by atoms with E-state index in [-0.39, 0.29) is 17.8 Å². The van der Waals surface area contributed by atoms with Gasteiger partial charge in [-0.1, -0.05) is 18.2 Å². The summed E-state index contributed by atoms with van der Waals surface area (Å²) in [7, 11) is 3.23. The first-order valence-corrected chi connectivity index (χ1v) is 10.5. The number of amides is 4. The van der Waals surface area contributed by atoms with Crippen molar-refractivity contribution in [2.45, 2.75) is 31.7 Å². The number of urea groups is 1. The normalized spacial score (nSPS) is 21.7. The third-order valence-electron chi connectivity index (χ3n) is 6.19. The Hall–Kier alpha value is -3.03. The molecule has 0 spiro atoms. The Bertz CT molecular complexity index is 891. The van der Waals surface area contributed by atoms with E-state index in [1.165, 1.54) is 11.3 Å². The zero-order valence-electron chi connectivity index (χ0n) is 17.5. The lowest BCUT2D eigenvalue weighted by Gasteiger charge is -2.31. The first-order chi connectivity index (χ1) is 14.5. The SMILES string of the molecule is COc1ccccc1C1NC(=O)N(C)C2=C1C(=O)N(CCC(=O)N1CCCCC1)C2. The molecule has 0 saturated carbocycles. The highest BCUT2D eigenvalue weighted by Crippen LogP contribution is 2.38. The van der Waals surface area contributed by atoms with Gasteiger partial charge in [-0.05, 0) is 25.3 Å². The van der Waals surface area contributed by atoms with Gasteiger partial charge in [-0.2, -0.15) is 0 Å². The molecule has 3 heterocycles. The van der Waals surface area contributed by atoms with Gasteiger partial charge < -0.3 is 19.9 Å². The number of benzene rings is 1. The number of para-hydroxylation sites is 1. The molecule has 1 aromatic carbocycles. The molecule has 4 rings (SSSR count). The zero-order valence-corrected chi connectivity index (χ0v) is 17.5. The third kappa shape index (κ3) is 3.62. The number of piperidine rings is 1. The summed E-state index contributed by atoms with van der Waals surface area (Å²) < 4.78 is 5.45. The number of likely N-dealkylation sites (N-methyl/N-ethyl adjacent to an activating group) is 1. The molecular weight excluding hydrogens is 384 g/mol. The number of methoxy groups -OCH3 is 1. The van der Waals surface area contributed by atoms with E-state index in [2.05, 4.69) is 5.32 Å². The fraction of sp³-hybridized carbons (Fsp3) is 0.500. The molecule has 0 bridgehead atoms. The number of carbonyl (C=O) groups is 3. The Labute approximate surface area is 176 Å². The average Bonchev–Trinajstić information content (AvgIpc) is 3.11. The van der Waals surface area contributed by atoms with Gasteiger partial charge in [0.25, 0.3) is 5.91 Å². The lowest BCUT2D eigenvalue weighted by molar-refractivity contribution is -0.133. The molecule has 30 heavy (non-hydrogen) atoms. The first kappa shape index (κ1) is 20.3. The van der Waals surface area contributed by atoms with Gasteiger partial charge >= 0.3 is 6.03 Å². The minimum Gasteiger partial charge on any atom is -0.496 e. The van der Waals surface area contributed by atoms with Gasteiger partial charge in [-0.3, -0.25) is 14.5 Å². The molecule has 1 aromatic rings. The van der Waals surface area contributed by atoms with Gasteiger partial charge in [0.2, 0.25) is 5.91 Å². The van der Waals surface area contributed by atoms with E-state index in [0.29, 0.717) is 36.5 Å². The van der Waals surface area contributed by atoms with Crippen molar-refractivity contribution >= 4 is 17.8 Å². The monoisotopic (exact) mass is 412 g/mol. The maximum atomic E-state index is 13.3. The van der Waals surface area contributed by atoms with E-state index in [4.69, 9.17) is 4.74 Å². The number of ether oxygens (including phenoxy) is 1. The van der Waals surface area contributed by atoms with Crippen LogP contribution in [0.3, 0.4) is 0 Å². The van der Waals surface area contributed by atoms with Crippen LogP contribution < -0.4 is 10.1 Å². The second kappa shape index (κ2) is 8.38. The third-order valence-corrected chi connectivity index (χ3v) is 6.19. The van der Waals surface area contributed by atoms with Crippen molar-refractivity contribution in [2.24, 2.45) is 0 Å². The molecule has 1 fully saturated rings. The van der Waals surface area contributed by atoms with Crippen molar-refractivity contribution in [2.75, 3.05) is 40.3 Å². The molecule has 1 atom stereocenters. The van der Waals surface area contributed by atoms with Crippen LogP contribution in [-0.4, -0.2) is 72.9 Å². The average molecular weight is 412 g/mol. The lowest BCUT2D eigenvalue weighted by Crippen LogP contribution is -2.45. The van der Waals surface area contributed by atoms with Gasteiger partial charge in [-0.25, -0.2) is 4.79 Å². The predicted octanol–water partition coefficient (Wildman–Crippen LogP) is 1.89. The van der Waals surface area contributed by atoms with E-state index in [9.17, 15) is 14.4 Å². The summed E-state index contributed by atoms with van der Waals surface area (Å²) in [6, 6.07) is 6.55. The van der Waals surface area contributed by atoms with Crippen LogP contribution in [0, 0.1) is 0 Å². The van der Waals surface area contributed by atoms with Gasteiger partial charge in [0.1, 0.15) is 5.75 Å². The summed E-state index contributed by atoms with van der Waals surface area (Å²) in [5, 5.41) is 2.92. The molecule has 160 valence electrons. The lowest BCUT2D eigenvalue weighted by atomic mass is 9.95. The van der Waals surface area contributed by atoms with E-state index in [1.807, 2.05) is 29.2 Å². The molecule has 8 heteroatoms.